The van der Waals surface area contributed by atoms with Gasteiger partial charge in [0.2, 0.25) is 0 Å². The maximum Gasteiger partial charge on any atom is 0.295 e. The molecule has 3 aromatic carbocycles. The number of aryl methyl sites for hydroxylation is 2. The number of hydrogen-bond donors (Lipinski definition) is 1. The Bertz CT molecular complexity index is 1350. The van der Waals surface area contributed by atoms with E-state index in [1.54, 1.807) is 6.07 Å². The Labute approximate surface area is 223 Å². The Balaban J connectivity index is 1.75. The molecule has 0 bridgehead atoms. The average molecular weight is 515 g/mol. The summed E-state index contributed by atoms with van der Waals surface area (Å²) >= 11 is 0. The largest absolute Gasteiger partial charge is 0.507 e. The first-order chi connectivity index (χ1) is 18.2. The van der Waals surface area contributed by atoms with Crippen molar-refractivity contribution in [2.75, 3.05) is 34.3 Å². The molecule has 7 nitrogen and oxygen atoms in total. The summed E-state index contributed by atoms with van der Waals surface area (Å²) in [4.78, 5) is 30.1. The van der Waals surface area contributed by atoms with Crippen LogP contribution in [0.15, 0.2) is 72.3 Å². The van der Waals surface area contributed by atoms with Crippen molar-refractivity contribution in [2.24, 2.45) is 0 Å². The highest BCUT2D eigenvalue weighted by Crippen LogP contribution is 2.42. The lowest BCUT2D eigenvalue weighted by Crippen LogP contribution is -2.35. The van der Waals surface area contributed by atoms with E-state index in [9.17, 15) is 14.7 Å². The number of amides is 1. The lowest BCUT2D eigenvalue weighted by Gasteiger charge is -2.27. The molecule has 1 saturated heterocycles. The van der Waals surface area contributed by atoms with E-state index in [-0.39, 0.29) is 11.3 Å². The zero-order valence-corrected chi connectivity index (χ0v) is 22.5. The predicted molar refractivity (Wildman–Crippen MR) is 147 cm³/mol. The number of aliphatic hydroxyl groups excluding tert-OH is 1. The van der Waals surface area contributed by atoms with Gasteiger partial charge in [-0.05, 0) is 68.4 Å². The molecule has 1 fully saturated rings. The van der Waals surface area contributed by atoms with Crippen LogP contribution >= 0.6 is 0 Å². The quantitative estimate of drug-likeness (QED) is 0.249. The number of likely N-dealkylation sites (N-methyl/N-ethyl adjacent to an activating group) is 1. The molecular weight excluding hydrogens is 480 g/mol. The number of carbonyl (C=O) groups excluding carboxylic acids is 2. The molecule has 1 heterocycles. The zero-order chi connectivity index (χ0) is 27.4. The summed E-state index contributed by atoms with van der Waals surface area (Å²) in [5, 5.41) is 11.5. The van der Waals surface area contributed by atoms with Crippen molar-refractivity contribution in [2.45, 2.75) is 26.5 Å². The van der Waals surface area contributed by atoms with Crippen LogP contribution in [0.3, 0.4) is 0 Å². The second-order valence-corrected chi connectivity index (χ2v) is 9.80. The average Bonchev–Trinajstić information content (AvgIpc) is 3.15. The molecular formula is C31H34N2O5. The molecule has 0 radical (unpaired) electrons. The first-order valence-corrected chi connectivity index (χ1v) is 12.6. The summed E-state index contributed by atoms with van der Waals surface area (Å²) in [5.74, 6) is -0.452. The highest BCUT2D eigenvalue weighted by Gasteiger charge is 2.46. The maximum atomic E-state index is 13.4. The second kappa shape index (κ2) is 11.5. The highest BCUT2D eigenvalue weighted by molar-refractivity contribution is 6.46. The van der Waals surface area contributed by atoms with Crippen LogP contribution in [0.25, 0.3) is 5.76 Å². The predicted octanol–water partition coefficient (Wildman–Crippen LogP) is 4.87. The van der Waals surface area contributed by atoms with Gasteiger partial charge in [-0.2, -0.15) is 0 Å². The van der Waals surface area contributed by atoms with Gasteiger partial charge in [-0.15, -0.1) is 0 Å². The van der Waals surface area contributed by atoms with Crippen molar-refractivity contribution in [3.8, 4) is 11.5 Å². The van der Waals surface area contributed by atoms with Gasteiger partial charge in [0.25, 0.3) is 11.7 Å². The van der Waals surface area contributed by atoms with E-state index in [4.69, 9.17) is 9.47 Å². The third kappa shape index (κ3) is 5.58. The normalized spacial score (nSPS) is 16.8. The van der Waals surface area contributed by atoms with Gasteiger partial charge in [-0.1, -0.05) is 48.5 Å². The zero-order valence-electron chi connectivity index (χ0n) is 22.5. The van der Waals surface area contributed by atoms with Crippen LogP contribution in [-0.4, -0.2) is 60.9 Å². The van der Waals surface area contributed by atoms with E-state index in [0.717, 1.165) is 16.7 Å². The summed E-state index contributed by atoms with van der Waals surface area (Å²) in [6.07, 6.45) is 0. The van der Waals surface area contributed by atoms with Crippen LogP contribution in [0, 0.1) is 13.8 Å². The first kappa shape index (κ1) is 26.9. The van der Waals surface area contributed by atoms with Crippen LogP contribution in [0.2, 0.25) is 0 Å². The van der Waals surface area contributed by atoms with Crippen LogP contribution in [0.1, 0.15) is 33.9 Å². The van der Waals surface area contributed by atoms with Gasteiger partial charge in [0.1, 0.15) is 23.9 Å². The number of likely N-dealkylation sites (tertiary alicyclic amines) is 1. The van der Waals surface area contributed by atoms with E-state index in [2.05, 4.69) is 0 Å². The Hall–Kier alpha value is -4.10. The minimum atomic E-state index is -0.747. The van der Waals surface area contributed by atoms with Crippen molar-refractivity contribution in [1.82, 2.24) is 9.80 Å². The van der Waals surface area contributed by atoms with Gasteiger partial charge in [0, 0.05) is 13.1 Å². The number of ketones is 1. The fourth-order valence-electron chi connectivity index (χ4n) is 4.80. The SMILES string of the molecule is COc1c(C)cc(C)cc1/C(O)=C1\C(=O)C(=O)N(CCN(C)C)C1c1ccc(OCc2ccccc2)cc1. The number of benzene rings is 3. The fourth-order valence-corrected chi connectivity index (χ4v) is 4.80. The molecule has 1 atom stereocenters. The van der Waals surface area contributed by atoms with Crippen molar-refractivity contribution in [3.63, 3.8) is 0 Å². The molecule has 0 aromatic heterocycles. The molecule has 0 aliphatic carbocycles. The van der Waals surface area contributed by atoms with Crippen LogP contribution < -0.4 is 9.47 Å². The highest BCUT2D eigenvalue weighted by atomic mass is 16.5. The van der Waals surface area contributed by atoms with Gasteiger partial charge in [-0.3, -0.25) is 9.59 Å². The van der Waals surface area contributed by atoms with Crippen molar-refractivity contribution < 1.29 is 24.2 Å². The summed E-state index contributed by atoms with van der Waals surface area (Å²) in [6.45, 7) is 5.10. The molecule has 1 amide bonds. The molecule has 1 N–H and O–H groups in total. The molecule has 0 spiro atoms. The monoisotopic (exact) mass is 514 g/mol. The van der Waals surface area contributed by atoms with Crippen LogP contribution in [0.5, 0.6) is 11.5 Å². The van der Waals surface area contributed by atoms with Crippen LogP contribution in [0.4, 0.5) is 0 Å². The second-order valence-electron chi connectivity index (χ2n) is 9.80. The number of aliphatic hydroxyl groups is 1. The minimum Gasteiger partial charge on any atom is -0.507 e. The molecule has 38 heavy (non-hydrogen) atoms. The van der Waals surface area contributed by atoms with Crippen molar-refractivity contribution in [3.05, 3.63) is 100 Å². The Kier molecular flexibility index (Phi) is 8.17. The molecule has 3 aromatic rings. The van der Waals surface area contributed by atoms with E-state index in [1.807, 2.05) is 93.5 Å². The number of Topliss-reactive ketones (excluding diaryl/α,β-unsaturated/α-hetero) is 1. The van der Waals surface area contributed by atoms with Gasteiger partial charge in [-0.25, -0.2) is 0 Å². The molecule has 7 heteroatoms. The number of carbonyl (C=O) groups is 2. The van der Waals surface area contributed by atoms with Crippen molar-refractivity contribution in [1.29, 1.82) is 0 Å². The van der Waals surface area contributed by atoms with Gasteiger partial charge in [0.05, 0.1) is 24.3 Å². The molecule has 198 valence electrons. The number of methoxy groups -OCH3 is 1. The summed E-state index contributed by atoms with van der Waals surface area (Å²) in [7, 11) is 5.34. The Morgan fingerprint density at radius 3 is 2.32 bits per heavy atom. The topological polar surface area (TPSA) is 79.3 Å². The summed E-state index contributed by atoms with van der Waals surface area (Å²) in [6, 6.07) is 20.2. The van der Waals surface area contributed by atoms with E-state index >= 15 is 0 Å². The first-order valence-electron chi connectivity index (χ1n) is 12.6. The number of rotatable bonds is 9. The van der Waals surface area contributed by atoms with E-state index in [1.165, 1.54) is 12.0 Å². The third-order valence-corrected chi connectivity index (χ3v) is 6.65. The molecule has 1 aliphatic rings. The van der Waals surface area contributed by atoms with Gasteiger partial charge in [0.15, 0.2) is 0 Å². The molecule has 1 aliphatic heterocycles. The lowest BCUT2D eigenvalue weighted by atomic mass is 9.93. The third-order valence-electron chi connectivity index (χ3n) is 6.65. The van der Waals surface area contributed by atoms with E-state index in [0.29, 0.717) is 42.3 Å². The number of nitrogens with zero attached hydrogens (tertiary/aromatic N) is 2. The number of ether oxygens (including phenoxy) is 2. The number of hydrogen-bond acceptors (Lipinski definition) is 6. The summed E-state index contributed by atoms with van der Waals surface area (Å²) in [5.41, 5.74) is 3.94. The maximum absolute atomic E-state index is 13.4. The van der Waals surface area contributed by atoms with E-state index < -0.39 is 17.7 Å². The summed E-state index contributed by atoms with van der Waals surface area (Å²) < 4.78 is 11.5. The molecule has 0 saturated carbocycles. The van der Waals surface area contributed by atoms with Gasteiger partial charge < -0.3 is 24.4 Å². The molecule has 1 unspecified atom stereocenters. The lowest BCUT2D eigenvalue weighted by molar-refractivity contribution is -0.140. The standard InChI is InChI=1S/C31H34N2O5/c1-20-17-21(2)30(37-5)25(18-20)28(34)26-27(33(16-15-32(3)4)31(36)29(26)35)23-11-13-24(14-12-23)38-19-22-9-7-6-8-10-22/h6-14,17-18,27,34H,15-16,19H2,1-5H3/b28-26+. The minimum absolute atomic E-state index is 0.0509. The molecule has 4 rings (SSSR count). The van der Waals surface area contributed by atoms with Gasteiger partial charge >= 0.3 is 0 Å². The van der Waals surface area contributed by atoms with Crippen molar-refractivity contribution >= 4 is 17.4 Å². The Morgan fingerprint density at radius 1 is 1.00 bits per heavy atom. The fraction of sp³-hybridized carbons (Fsp3) is 0.290. The smallest absolute Gasteiger partial charge is 0.295 e. The van der Waals surface area contributed by atoms with Crippen LogP contribution in [-0.2, 0) is 16.2 Å². The Morgan fingerprint density at radius 2 is 1.68 bits per heavy atom.